The Balaban J connectivity index is 2.28. The average Bonchev–Trinajstić information content (AvgIpc) is 2.48. The van der Waals surface area contributed by atoms with Crippen LogP contribution in [0.1, 0.15) is 12.5 Å². The summed E-state index contributed by atoms with van der Waals surface area (Å²) < 4.78 is 5.32. The van der Waals surface area contributed by atoms with Crippen LogP contribution in [0.25, 0.3) is 21.5 Å². The Hall–Kier alpha value is -2.26. The van der Waals surface area contributed by atoms with Crippen molar-refractivity contribution in [3.05, 3.63) is 48.0 Å². The monoisotopic (exact) mass is 268 g/mol. The molecule has 0 aromatic heterocycles. The molecule has 0 unspecified atom stereocenters. The molecule has 0 amide bonds. The minimum atomic E-state index is 0.165. The van der Waals surface area contributed by atoms with E-state index >= 15 is 0 Å². The molecule has 2 N–H and O–H groups in total. The lowest BCUT2D eigenvalue weighted by Crippen LogP contribution is -1.93. The van der Waals surface area contributed by atoms with Gasteiger partial charge in [-0.2, -0.15) is 0 Å². The third-order valence-electron chi connectivity index (χ3n) is 3.49. The van der Waals surface area contributed by atoms with Gasteiger partial charge in [-0.1, -0.05) is 24.3 Å². The maximum Gasteiger partial charge on any atom is 0.129 e. The van der Waals surface area contributed by atoms with Crippen LogP contribution < -0.4 is 0 Å². The third-order valence-corrected chi connectivity index (χ3v) is 3.49. The first kappa shape index (κ1) is 12.8. The van der Waals surface area contributed by atoms with Crippen LogP contribution in [0.4, 0.5) is 0 Å². The first-order valence-electron chi connectivity index (χ1n) is 6.64. The largest absolute Gasteiger partial charge is 0.507 e. The van der Waals surface area contributed by atoms with Gasteiger partial charge in [0.2, 0.25) is 0 Å². The fourth-order valence-electron chi connectivity index (χ4n) is 2.45. The van der Waals surface area contributed by atoms with Crippen LogP contribution in [0.3, 0.4) is 0 Å². The summed E-state index contributed by atoms with van der Waals surface area (Å²) in [6.07, 6.45) is 0. The minimum absolute atomic E-state index is 0.165. The summed E-state index contributed by atoms with van der Waals surface area (Å²) in [6.45, 7) is 2.75. The number of phenols is 2. The Labute approximate surface area is 117 Å². The maximum absolute atomic E-state index is 10.4. The van der Waals surface area contributed by atoms with Crippen LogP contribution in [0.5, 0.6) is 11.5 Å². The van der Waals surface area contributed by atoms with Crippen LogP contribution in [0.2, 0.25) is 0 Å². The van der Waals surface area contributed by atoms with Gasteiger partial charge < -0.3 is 14.9 Å². The highest BCUT2D eigenvalue weighted by molar-refractivity contribution is 6.03. The molecule has 0 bridgehead atoms. The molecule has 0 spiro atoms. The SMILES string of the molecule is CCOCc1cc(O)c2cc3ccccc3cc2c1O. The van der Waals surface area contributed by atoms with E-state index in [1.165, 1.54) is 0 Å². The Morgan fingerprint density at radius 3 is 2.25 bits per heavy atom. The number of aromatic hydroxyl groups is 2. The molecule has 0 atom stereocenters. The molecule has 0 saturated carbocycles. The number of ether oxygens (including phenoxy) is 1. The normalized spacial score (nSPS) is 11.2. The molecule has 0 saturated heterocycles. The molecule has 0 heterocycles. The molecule has 3 nitrogen and oxygen atoms in total. The quantitative estimate of drug-likeness (QED) is 0.558. The van der Waals surface area contributed by atoms with Gasteiger partial charge in [-0.05, 0) is 35.9 Å². The van der Waals surface area contributed by atoms with E-state index in [-0.39, 0.29) is 11.5 Å². The maximum atomic E-state index is 10.4. The summed E-state index contributed by atoms with van der Waals surface area (Å²) in [5, 5.41) is 23.9. The molecule has 3 rings (SSSR count). The topological polar surface area (TPSA) is 49.7 Å². The van der Waals surface area contributed by atoms with Gasteiger partial charge in [0, 0.05) is 22.9 Å². The highest BCUT2D eigenvalue weighted by atomic mass is 16.5. The standard InChI is InChI=1S/C17H16O3/c1-2-20-10-13-9-16(18)14-7-11-5-3-4-6-12(11)8-15(14)17(13)19/h3-9,18-19H,2,10H2,1H3. The van der Waals surface area contributed by atoms with Crippen LogP contribution in [0, 0.1) is 0 Å². The highest BCUT2D eigenvalue weighted by Crippen LogP contribution is 2.38. The molecule has 0 aliphatic rings. The molecular formula is C17H16O3. The van der Waals surface area contributed by atoms with Gasteiger partial charge in [0.15, 0.2) is 0 Å². The molecule has 102 valence electrons. The number of hydrogen-bond acceptors (Lipinski definition) is 3. The molecule has 0 fully saturated rings. The Morgan fingerprint density at radius 2 is 1.60 bits per heavy atom. The summed E-state index contributed by atoms with van der Waals surface area (Å²) in [4.78, 5) is 0. The van der Waals surface area contributed by atoms with Crippen molar-refractivity contribution < 1.29 is 14.9 Å². The van der Waals surface area contributed by atoms with E-state index in [1.807, 2.05) is 43.3 Å². The van der Waals surface area contributed by atoms with Gasteiger partial charge in [0.25, 0.3) is 0 Å². The van der Waals surface area contributed by atoms with Gasteiger partial charge in [-0.25, -0.2) is 0 Å². The highest BCUT2D eigenvalue weighted by Gasteiger charge is 2.12. The van der Waals surface area contributed by atoms with E-state index in [0.29, 0.717) is 29.5 Å². The van der Waals surface area contributed by atoms with E-state index in [2.05, 4.69) is 0 Å². The predicted molar refractivity (Wildman–Crippen MR) is 80.1 cm³/mol. The molecular weight excluding hydrogens is 252 g/mol. The molecule has 0 radical (unpaired) electrons. The lowest BCUT2D eigenvalue weighted by Gasteiger charge is -2.11. The van der Waals surface area contributed by atoms with Gasteiger partial charge in [0.1, 0.15) is 11.5 Å². The fourth-order valence-corrected chi connectivity index (χ4v) is 2.45. The van der Waals surface area contributed by atoms with Crippen molar-refractivity contribution in [3.63, 3.8) is 0 Å². The first-order chi connectivity index (χ1) is 9.70. The van der Waals surface area contributed by atoms with E-state index in [4.69, 9.17) is 4.74 Å². The van der Waals surface area contributed by atoms with E-state index in [9.17, 15) is 10.2 Å². The van der Waals surface area contributed by atoms with Crippen LogP contribution >= 0.6 is 0 Å². The molecule has 3 aromatic rings. The molecule has 3 aromatic carbocycles. The predicted octanol–water partition coefficient (Wildman–Crippen LogP) is 3.94. The number of phenolic OH excluding ortho intramolecular Hbond substituents is 2. The van der Waals surface area contributed by atoms with Crippen molar-refractivity contribution in [2.24, 2.45) is 0 Å². The second kappa shape index (κ2) is 5.02. The van der Waals surface area contributed by atoms with Crippen molar-refractivity contribution in [3.8, 4) is 11.5 Å². The Morgan fingerprint density at radius 1 is 0.950 bits per heavy atom. The minimum Gasteiger partial charge on any atom is -0.507 e. The van der Waals surface area contributed by atoms with E-state index in [0.717, 1.165) is 10.8 Å². The summed E-state index contributed by atoms with van der Waals surface area (Å²) in [5.74, 6) is 0.343. The average molecular weight is 268 g/mol. The van der Waals surface area contributed by atoms with Crippen LogP contribution in [0.15, 0.2) is 42.5 Å². The smallest absolute Gasteiger partial charge is 0.129 e. The van der Waals surface area contributed by atoms with E-state index < -0.39 is 0 Å². The van der Waals surface area contributed by atoms with Gasteiger partial charge in [0.05, 0.1) is 6.61 Å². The summed E-state index contributed by atoms with van der Waals surface area (Å²) in [7, 11) is 0. The summed E-state index contributed by atoms with van der Waals surface area (Å²) in [5.41, 5.74) is 0.604. The second-order valence-corrected chi connectivity index (χ2v) is 4.79. The number of hydrogen-bond donors (Lipinski definition) is 2. The Kier molecular flexibility index (Phi) is 3.20. The van der Waals surface area contributed by atoms with Crippen LogP contribution in [-0.2, 0) is 11.3 Å². The number of benzene rings is 3. The third kappa shape index (κ3) is 2.06. The summed E-state index contributed by atoms with van der Waals surface area (Å²) in [6, 6.07) is 13.2. The molecule has 0 aliphatic heterocycles. The zero-order valence-electron chi connectivity index (χ0n) is 11.3. The first-order valence-corrected chi connectivity index (χ1v) is 6.64. The molecule has 3 heteroatoms. The van der Waals surface area contributed by atoms with Gasteiger partial charge >= 0.3 is 0 Å². The summed E-state index contributed by atoms with van der Waals surface area (Å²) >= 11 is 0. The number of rotatable bonds is 3. The van der Waals surface area contributed by atoms with Crippen LogP contribution in [-0.4, -0.2) is 16.8 Å². The second-order valence-electron chi connectivity index (χ2n) is 4.79. The zero-order chi connectivity index (χ0) is 14.1. The van der Waals surface area contributed by atoms with Crippen molar-refractivity contribution >= 4 is 21.5 Å². The molecule has 0 aliphatic carbocycles. The van der Waals surface area contributed by atoms with Crippen molar-refractivity contribution in [1.82, 2.24) is 0 Å². The molecule has 20 heavy (non-hydrogen) atoms. The fraction of sp³-hybridized carbons (Fsp3) is 0.176. The lowest BCUT2D eigenvalue weighted by molar-refractivity contribution is 0.132. The Bertz CT molecular complexity index is 778. The van der Waals surface area contributed by atoms with Crippen molar-refractivity contribution in [2.45, 2.75) is 13.5 Å². The lowest BCUT2D eigenvalue weighted by atomic mass is 10.00. The van der Waals surface area contributed by atoms with Crippen molar-refractivity contribution in [1.29, 1.82) is 0 Å². The van der Waals surface area contributed by atoms with Crippen molar-refractivity contribution in [2.75, 3.05) is 6.61 Å². The van der Waals surface area contributed by atoms with Gasteiger partial charge in [-0.3, -0.25) is 0 Å². The van der Waals surface area contributed by atoms with E-state index in [1.54, 1.807) is 6.07 Å². The number of fused-ring (bicyclic) bond motifs is 2. The van der Waals surface area contributed by atoms with Gasteiger partial charge in [-0.15, -0.1) is 0 Å². The zero-order valence-corrected chi connectivity index (χ0v) is 11.3.